The van der Waals surface area contributed by atoms with E-state index in [0.717, 1.165) is 0 Å². The fourth-order valence-corrected chi connectivity index (χ4v) is 1.79. The summed E-state index contributed by atoms with van der Waals surface area (Å²) < 4.78 is 6.87. The molecule has 1 amide bonds. The normalized spacial score (nSPS) is 10.7. The number of amides is 1. The van der Waals surface area contributed by atoms with Crippen LogP contribution in [-0.4, -0.2) is 20.7 Å². The molecule has 3 N–H and O–H groups in total. The van der Waals surface area contributed by atoms with Crippen molar-refractivity contribution in [1.82, 2.24) is 20.1 Å². The van der Waals surface area contributed by atoms with Gasteiger partial charge in [-0.15, -0.1) is 0 Å². The van der Waals surface area contributed by atoms with Crippen molar-refractivity contribution in [2.24, 2.45) is 0 Å². The zero-order valence-corrected chi connectivity index (χ0v) is 11.2. The Morgan fingerprint density at radius 2 is 2.26 bits per heavy atom. The number of nitrogens with one attached hydrogen (secondary N) is 1. The standard InChI is InChI=1S/C12H17N5O2/c1-4-17-11(10(13)8(3)16-17)12(18)15-6-9-14-5-7(2)19-9/h5H,4,6,13H2,1-3H3,(H,15,18). The van der Waals surface area contributed by atoms with Gasteiger partial charge in [-0.25, -0.2) is 4.98 Å². The lowest BCUT2D eigenvalue weighted by Gasteiger charge is -2.06. The third-order valence-corrected chi connectivity index (χ3v) is 2.76. The maximum atomic E-state index is 12.1. The van der Waals surface area contributed by atoms with Crippen LogP contribution in [0.3, 0.4) is 0 Å². The van der Waals surface area contributed by atoms with Gasteiger partial charge >= 0.3 is 0 Å². The number of nitrogens with two attached hydrogens (primary N) is 1. The maximum Gasteiger partial charge on any atom is 0.272 e. The number of hydrogen-bond donors (Lipinski definition) is 2. The van der Waals surface area contributed by atoms with Crippen molar-refractivity contribution < 1.29 is 9.21 Å². The van der Waals surface area contributed by atoms with Gasteiger partial charge in [0.2, 0.25) is 5.89 Å². The summed E-state index contributed by atoms with van der Waals surface area (Å²) in [6, 6.07) is 0. The van der Waals surface area contributed by atoms with Crippen molar-refractivity contribution in [1.29, 1.82) is 0 Å². The summed E-state index contributed by atoms with van der Waals surface area (Å²) >= 11 is 0. The third-order valence-electron chi connectivity index (χ3n) is 2.76. The predicted molar refractivity (Wildman–Crippen MR) is 69.5 cm³/mol. The SMILES string of the molecule is CCn1nc(C)c(N)c1C(=O)NCc1ncc(C)o1. The minimum absolute atomic E-state index is 0.222. The van der Waals surface area contributed by atoms with E-state index in [9.17, 15) is 4.79 Å². The first-order valence-corrected chi connectivity index (χ1v) is 6.05. The predicted octanol–water partition coefficient (Wildman–Crippen LogP) is 1.02. The molecule has 2 aromatic rings. The smallest absolute Gasteiger partial charge is 0.272 e. The molecule has 0 saturated carbocycles. The van der Waals surface area contributed by atoms with E-state index in [-0.39, 0.29) is 12.5 Å². The second-order valence-corrected chi connectivity index (χ2v) is 4.21. The average Bonchev–Trinajstić information content (AvgIpc) is 2.92. The fraction of sp³-hybridized carbons (Fsp3) is 0.417. The van der Waals surface area contributed by atoms with Crippen molar-refractivity contribution in [3.05, 3.63) is 29.2 Å². The topological polar surface area (TPSA) is 99.0 Å². The second-order valence-electron chi connectivity index (χ2n) is 4.21. The number of nitrogens with zero attached hydrogens (tertiary/aromatic N) is 3. The molecule has 0 aliphatic heterocycles. The summed E-state index contributed by atoms with van der Waals surface area (Å²) in [7, 11) is 0. The van der Waals surface area contributed by atoms with Crippen LogP contribution in [0.5, 0.6) is 0 Å². The highest BCUT2D eigenvalue weighted by molar-refractivity contribution is 5.97. The van der Waals surface area contributed by atoms with Gasteiger partial charge in [-0.3, -0.25) is 9.48 Å². The van der Waals surface area contributed by atoms with Crippen LogP contribution in [0, 0.1) is 13.8 Å². The van der Waals surface area contributed by atoms with Crippen LogP contribution in [0.25, 0.3) is 0 Å². The number of oxazole rings is 1. The van der Waals surface area contributed by atoms with Crippen LogP contribution >= 0.6 is 0 Å². The van der Waals surface area contributed by atoms with Crippen LogP contribution in [0.15, 0.2) is 10.6 Å². The van der Waals surface area contributed by atoms with E-state index in [2.05, 4.69) is 15.4 Å². The summed E-state index contributed by atoms with van der Waals surface area (Å²) in [5, 5.41) is 6.92. The molecule has 7 nitrogen and oxygen atoms in total. The minimum atomic E-state index is -0.282. The van der Waals surface area contributed by atoms with Crippen LogP contribution in [0.4, 0.5) is 5.69 Å². The Hall–Kier alpha value is -2.31. The van der Waals surface area contributed by atoms with Crippen molar-refractivity contribution in [2.75, 3.05) is 5.73 Å². The summed E-state index contributed by atoms with van der Waals surface area (Å²) in [6.07, 6.45) is 1.61. The van der Waals surface area contributed by atoms with Crippen molar-refractivity contribution >= 4 is 11.6 Å². The van der Waals surface area contributed by atoms with Crippen LogP contribution < -0.4 is 11.1 Å². The summed E-state index contributed by atoms with van der Waals surface area (Å²) in [4.78, 5) is 16.1. The van der Waals surface area contributed by atoms with Gasteiger partial charge in [0.05, 0.1) is 24.1 Å². The molecule has 102 valence electrons. The van der Waals surface area contributed by atoms with E-state index in [1.54, 1.807) is 24.7 Å². The minimum Gasteiger partial charge on any atom is -0.444 e. The molecular formula is C12H17N5O2. The maximum absolute atomic E-state index is 12.1. The Kier molecular flexibility index (Phi) is 3.55. The Bertz CT molecular complexity index is 599. The molecule has 0 aliphatic rings. The number of nitrogen functional groups attached to an aromatic ring is 1. The van der Waals surface area contributed by atoms with E-state index in [1.165, 1.54) is 0 Å². The van der Waals surface area contributed by atoms with Gasteiger partial charge in [-0.1, -0.05) is 0 Å². The Balaban J connectivity index is 2.12. The zero-order chi connectivity index (χ0) is 14.0. The molecule has 0 aromatic carbocycles. The van der Waals surface area contributed by atoms with Gasteiger partial charge in [0, 0.05) is 6.54 Å². The molecule has 0 unspecified atom stereocenters. The van der Waals surface area contributed by atoms with Gasteiger partial charge < -0.3 is 15.5 Å². The third kappa shape index (κ3) is 2.59. The molecule has 19 heavy (non-hydrogen) atoms. The van der Waals surface area contributed by atoms with E-state index < -0.39 is 0 Å². The molecule has 2 rings (SSSR count). The quantitative estimate of drug-likeness (QED) is 0.858. The lowest BCUT2D eigenvalue weighted by molar-refractivity contribution is 0.0937. The summed E-state index contributed by atoms with van der Waals surface area (Å²) in [5.74, 6) is 0.887. The number of carbonyl (C=O) groups excluding carboxylic acids is 1. The molecule has 0 aliphatic carbocycles. The number of aromatic nitrogens is 3. The highest BCUT2D eigenvalue weighted by Crippen LogP contribution is 2.16. The number of carbonyl (C=O) groups is 1. The van der Waals surface area contributed by atoms with Crippen LogP contribution in [0.2, 0.25) is 0 Å². The molecule has 0 bridgehead atoms. The first kappa shape index (κ1) is 13.1. The Morgan fingerprint density at radius 1 is 1.53 bits per heavy atom. The number of aryl methyl sites for hydroxylation is 3. The van der Waals surface area contributed by atoms with Crippen LogP contribution in [0.1, 0.15) is 34.8 Å². The first-order chi connectivity index (χ1) is 9.02. The summed E-state index contributed by atoms with van der Waals surface area (Å²) in [6.45, 7) is 6.28. The monoisotopic (exact) mass is 263 g/mol. The Morgan fingerprint density at radius 3 is 2.84 bits per heavy atom. The van der Waals surface area contributed by atoms with E-state index in [1.807, 2.05) is 6.92 Å². The highest BCUT2D eigenvalue weighted by atomic mass is 16.4. The zero-order valence-electron chi connectivity index (χ0n) is 11.2. The number of rotatable bonds is 4. The highest BCUT2D eigenvalue weighted by Gasteiger charge is 2.19. The number of anilines is 1. The average molecular weight is 263 g/mol. The molecule has 2 heterocycles. The summed E-state index contributed by atoms with van der Waals surface area (Å²) in [5.41, 5.74) is 7.31. The molecule has 0 spiro atoms. The van der Waals surface area contributed by atoms with Gasteiger partial charge in [-0.2, -0.15) is 5.10 Å². The lowest BCUT2D eigenvalue weighted by atomic mass is 10.3. The molecule has 0 atom stereocenters. The molecule has 0 saturated heterocycles. The largest absolute Gasteiger partial charge is 0.444 e. The molecule has 7 heteroatoms. The van der Waals surface area contributed by atoms with Crippen molar-refractivity contribution in [3.8, 4) is 0 Å². The van der Waals surface area contributed by atoms with Crippen molar-refractivity contribution in [2.45, 2.75) is 33.9 Å². The molecule has 0 radical (unpaired) electrons. The van der Waals surface area contributed by atoms with Gasteiger partial charge in [0.15, 0.2) is 0 Å². The van der Waals surface area contributed by atoms with E-state index in [0.29, 0.717) is 35.3 Å². The lowest BCUT2D eigenvalue weighted by Crippen LogP contribution is -2.26. The fourth-order valence-electron chi connectivity index (χ4n) is 1.79. The van der Waals surface area contributed by atoms with Gasteiger partial charge in [-0.05, 0) is 20.8 Å². The molecule has 0 fully saturated rings. The second kappa shape index (κ2) is 5.13. The molecule has 2 aromatic heterocycles. The van der Waals surface area contributed by atoms with Crippen LogP contribution in [-0.2, 0) is 13.1 Å². The van der Waals surface area contributed by atoms with E-state index >= 15 is 0 Å². The Labute approximate surface area is 110 Å². The number of hydrogen-bond acceptors (Lipinski definition) is 5. The van der Waals surface area contributed by atoms with E-state index in [4.69, 9.17) is 10.2 Å². The van der Waals surface area contributed by atoms with Gasteiger partial charge in [0.25, 0.3) is 5.91 Å². The van der Waals surface area contributed by atoms with Crippen molar-refractivity contribution in [3.63, 3.8) is 0 Å². The van der Waals surface area contributed by atoms with Gasteiger partial charge in [0.1, 0.15) is 11.5 Å². The molecular weight excluding hydrogens is 246 g/mol. The first-order valence-electron chi connectivity index (χ1n) is 6.05.